The van der Waals surface area contributed by atoms with E-state index < -0.39 is 0 Å². The fraction of sp³-hybridized carbons (Fsp3) is 0.143. The highest BCUT2D eigenvalue weighted by molar-refractivity contribution is 5.73. The Labute approximate surface area is 99.4 Å². The minimum atomic E-state index is -0.342. The molecule has 0 fully saturated rings. The number of pyridine rings is 1. The highest BCUT2D eigenvalue weighted by Crippen LogP contribution is 2.25. The lowest BCUT2D eigenvalue weighted by Gasteiger charge is -2.08. The number of aryl methyl sites for hydroxylation is 2. The fourth-order valence-corrected chi connectivity index (χ4v) is 1.84. The van der Waals surface area contributed by atoms with Gasteiger partial charge in [0.2, 0.25) is 0 Å². The lowest BCUT2D eigenvalue weighted by atomic mass is 9.96. The lowest BCUT2D eigenvalue weighted by Crippen LogP contribution is -2.10. The maximum atomic E-state index is 11.6. The van der Waals surface area contributed by atoms with Crippen LogP contribution in [0.5, 0.6) is 0 Å². The third-order valence-electron chi connectivity index (χ3n) is 2.76. The molecule has 1 N–H and O–H groups in total. The number of nitrogens with zero attached hydrogens (tertiary/aromatic N) is 1. The topological polar surface area (TPSA) is 56.6 Å². The molecule has 2 aromatic rings. The van der Waals surface area contributed by atoms with Gasteiger partial charge < -0.3 is 4.98 Å². The monoisotopic (exact) mass is 224 g/mol. The number of hydrogen-bond donors (Lipinski definition) is 1. The Morgan fingerprint density at radius 1 is 1.18 bits per heavy atom. The molecule has 0 aliphatic rings. The number of benzene rings is 1. The Morgan fingerprint density at radius 3 is 2.65 bits per heavy atom. The molecule has 0 saturated carbocycles. The van der Waals surface area contributed by atoms with E-state index in [1.165, 1.54) is 0 Å². The van der Waals surface area contributed by atoms with Gasteiger partial charge >= 0.3 is 0 Å². The Morgan fingerprint density at radius 2 is 1.94 bits per heavy atom. The van der Waals surface area contributed by atoms with E-state index in [0.29, 0.717) is 5.56 Å². The van der Waals surface area contributed by atoms with Gasteiger partial charge in [0.25, 0.3) is 5.56 Å². The molecular weight excluding hydrogens is 212 g/mol. The molecule has 0 aliphatic carbocycles. The van der Waals surface area contributed by atoms with Gasteiger partial charge in [-0.15, -0.1) is 0 Å². The molecule has 84 valence electrons. The van der Waals surface area contributed by atoms with Gasteiger partial charge in [0.15, 0.2) is 0 Å². The van der Waals surface area contributed by atoms with Crippen molar-refractivity contribution in [3.05, 3.63) is 57.5 Å². The summed E-state index contributed by atoms with van der Waals surface area (Å²) in [5.41, 5.74) is 3.62. The van der Waals surface area contributed by atoms with Crippen molar-refractivity contribution >= 4 is 0 Å². The predicted molar refractivity (Wildman–Crippen MR) is 66.7 cm³/mol. The molecule has 0 unspecified atom stereocenters. The minimum Gasteiger partial charge on any atom is -0.328 e. The second kappa shape index (κ2) is 4.26. The van der Waals surface area contributed by atoms with Crippen molar-refractivity contribution in [2.45, 2.75) is 13.8 Å². The number of aromatic amines is 1. The van der Waals surface area contributed by atoms with Crippen LogP contribution in [0.15, 0.2) is 35.3 Å². The molecule has 0 bridgehead atoms. The summed E-state index contributed by atoms with van der Waals surface area (Å²) < 4.78 is 0. The molecule has 0 saturated heterocycles. The zero-order chi connectivity index (χ0) is 12.4. The summed E-state index contributed by atoms with van der Waals surface area (Å²) >= 11 is 0. The van der Waals surface area contributed by atoms with Crippen LogP contribution in [0, 0.1) is 25.2 Å². The van der Waals surface area contributed by atoms with Crippen LogP contribution < -0.4 is 5.56 Å². The van der Waals surface area contributed by atoms with E-state index in [4.69, 9.17) is 5.26 Å². The summed E-state index contributed by atoms with van der Waals surface area (Å²) in [7, 11) is 0. The number of nitrogens with one attached hydrogen (secondary N) is 1. The van der Waals surface area contributed by atoms with Crippen LogP contribution in [0.1, 0.15) is 16.7 Å². The van der Waals surface area contributed by atoms with Crippen molar-refractivity contribution < 1.29 is 0 Å². The molecule has 3 nitrogen and oxygen atoms in total. The van der Waals surface area contributed by atoms with Crippen LogP contribution in [0.25, 0.3) is 11.1 Å². The van der Waals surface area contributed by atoms with Crippen molar-refractivity contribution in [1.82, 2.24) is 4.98 Å². The van der Waals surface area contributed by atoms with E-state index >= 15 is 0 Å². The summed E-state index contributed by atoms with van der Waals surface area (Å²) in [6, 6.07) is 9.73. The van der Waals surface area contributed by atoms with Crippen LogP contribution in [-0.4, -0.2) is 4.98 Å². The van der Waals surface area contributed by atoms with Crippen molar-refractivity contribution in [3.8, 4) is 17.2 Å². The second-order valence-corrected chi connectivity index (χ2v) is 4.03. The normalized spacial score (nSPS) is 9.94. The van der Waals surface area contributed by atoms with Gasteiger partial charge in [-0.05, 0) is 31.0 Å². The van der Waals surface area contributed by atoms with Crippen molar-refractivity contribution in [1.29, 1.82) is 5.26 Å². The molecule has 0 spiro atoms. The van der Waals surface area contributed by atoms with Crippen LogP contribution >= 0.6 is 0 Å². The van der Waals surface area contributed by atoms with E-state index in [1.807, 2.05) is 38.1 Å². The smallest absolute Gasteiger partial charge is 0.266 e. The molecule has 17 heavy (non-hydrogen) atoms. The second-order valence-electron chi connectivity index (χ2n) is 4.03. The SMILES string of the molecule is Cc1ccc(C)c(-c2cc[nH]c(=O)c2C#N)c1. The molecule has 0 amide bonds. The highest BCUT2D eigenvalue weighted by atomic mass is 16.1. The highest BCUT2D eigenvalue weighted by Gasteiger charge is 2.10. The van der Waals surface area contributed by atoms with E-state index in [2.05, 4.69) is 4.98 Å². The molecule has 0 atom stereocenters. The first kappa shape index (κ1) is 11.2. The van der Waals surface area contributed by atoms with Gasteiger partial charge in [-0.2, -0.15) is 5.26 Å². The van der Waals surface area contributed by atoms with Crippen LogP contribution in [-0.2, 0) is 0 Å². The number of aromatic nitrogens is 1. The van der Waals surface area contributed by atoms with Gasteiger partial charge in [-0.3, -0.25) is 4.79 Å². The number of nitriles is 1. The standard InChI is InChI=1S/C14H12N2O/c1-9-3-4-10(2)12(7-9)11-5-6-16-14(17)13(11)8-15/h3-7H,1-2H3,(H,16,17). The summed E-state index contributed by atoms with van der Waals surface area (Å²) in [5.74, 6) is 0. The molecule has 1 aromatic heterocycles. The quantitative estimate of drug-likeness (QED) is 0.809. The van der Waals surface area contributed by atoms with Gasteiger partial charge in [-0.25, -0.2) is 0 Å². The Kier molecular flexibility index (Phi) is 2.80. The molecular formula is C14H12N2O. The number of H-pyrrole nitrogens is 1. The Hall–Kier alpha value is -2.34. The van der Waals surface area contributed by atoms with Crippen molar-refractivity contribution in [2.75, 3.05) is 0 Å². The van der Waals surface area contributed by atoms with Crippen LogP contribution in [0.2, 0.25) is 0 Å². The lowest BCUT2D eigenvalue weighted by molar-refractivity contribution is 1.21. The average molecular weight is 224 g/mol. The first-order valence-electron chi connectivity index (χ1n) is 5.33. The molecule has 1 aromatic carbocycles. The van der Waals surface area contributed by atoms with Gasteiger partial charge in [-0.1, -0.05) is 23.8 Å². The Bertz CT molecular complexity index is 663. The van der Waals surface area contributed by atoms with E-state index in [-0.39, 0.29) is 11.1 Å². The third kappa shape index (κ3) is 1.98. The van der Waals surface area contributed by atoms with E-state index in [0.717, 1.165) is 16.7 Å². The number of rotatable bonds is 1. The minimum absolute atomic E-state index is 0.168. The molecule has 3 heteroatoms. The summed E-state index contributed by atoms with van der Waals surface area (Å²) in [6.07, 6.45) is 1.57. The van der Waals surface area contributed by atoms with Gasteiger partial charge in [0, 0.05) is 11.8 Å². The summed E-state index contributed by atoms with van der Waals surface area (Å²) in [6.45, 7) is 3.96. The maximum absolute atomic E-state index is 11.6. The largest absolute Gasteiger partial charge is 0.328 e. The maximum Gasteiger partial charge on any atom is 0.266 e. The van der Waals surface area contributed by atoms with Gasteiger partial charge in [0.1, 0.15) is 11.6 Å². The van der Waals surface area contributed by atoms with Crippen molar-refractivity contribution in [3.63, 3.8) is 0 Å². The molecule has 0 aliphatic heterocycles. The van der Waals surface area contributed by atoms with Crippen LogP contribution in [0.4, 0.5) is 0 Å². The summed E-state index contributed by atoms with van der Waals surface area (Å²) in [5, 5.41) is 9.05. The first-order chi connectivity index (χ1) is 8.13. The third-order valence-corrected chi connectivity index (χ3v) is 2.76. The van der Waals surface area contributed by atoms with E-state index in [1.54, 1.807) is 12.3 Å². The average Bonchev–Trinajstić information content (AvgIpc) is 2.32. The first-order valence-corrected chi connectivity index (χ1v) is 5.33. The zero-order valence-corrected chi connectivity index (χ0v) is 9.74. The zero-order valence-electron chi connectivity index (χ0n) is 9.74. The van der Waals surface area contributed by atoms with Crippen LogP contribution in [0.3, 0.4) is 0 Å². The predicted octanol–water partition coefficient (Wildman–Crippen LogP) is 2.53. The molecule has 1 heterocycles. The molecule has 2 rings (SSSR count). The number of hydrogen-bond acceptors (Lipinski definition) is 2. The Balaban J connectivity index is 2.78. The van der Waals surface area contributed by atoms with Gasteiger partial charge in [0.05, 0.1) is 0 Å². The van der Waals surface area contributed by atoms with E-state index in [9.17, 15) is 4.79 Å². The fourth-order valence-electron chi connectivity index (χ4n) is 1.84. The van der Waals surface area contributed by atoms with Crippen molar-refractivity contribution in [2.24, 2.45) is 0 Å². The summed E-state index contributed by atoms with van der Waals surface area (Å²) in [4.78, 5) is 14.1. The molecule has 0 radical (unpaired) electrons.